The summed E-state index contributed by atoms with van der Waals surface area (Å²) in [4.78, 5) is 13.5. The molecule has 1 aromatic heterocycles. The average molecular weight is 381 g/mol. The maximum atomic E-state index is 13.7. The second-order valence-electron chi connectivity index (χ2n) is 6.27. The summed E-state index contributed by atoms with van der Waals surface area (Å²) in [7, 11) is 3.46. The first-order valence-corrected chi connectivity index (χ1v) is 8.21. The molecule has 0 fully saturated rings. The van der Waals surface area contributed by atoms with Crippen LogP contribution in [0.5, 0.6) is 0 Å². The fourth-order valence-electron chi connectivity index (χ4n) is 2.71. The SMILES string of the molecule is Cc1nn(C/C(F)=C/CN)c(C)c1Cc1ccc(C(=O)N(C)C)cc1.Cl. The number of amides is 1. The van der Waals surface area contributed by atoms with Crippen molar-refractivity contribution < 1.29 is 9.18 Å². The van der Waals surface area contributed by atoms with Gasteiger partial charge in [-0.2, -0.15) is 5.10 Å². The number of carbonyl (C=O) groups is 1. The van der Waals surface area contributed by atoms with Crippen LogP contribution in [-0.4, -0.2) is 41.2 Å². The molecule has 0 aliphatic rings. The van der Waals surface area contributed by atoms with Crippen LogP contribution in [0, 0.1) is 13.8 Å². The molecule has 1 heterocycles. The van der Waals surface area contributed by atoms with Gasteiger partial charge in [0, 0.05) is 43.9 Å². The quantitative estimate of drug-likeness (QED) is 0.837. The van der Waals surface area contributed by atoms with Crippen molar-refractivity contribution in [3.8, 4) is 0 Å². The summed E-state index contributed by atoms with van der Waals surface area (Å²) in [5, 5.41) is 4.43. The highest BCUT2D eigenvalue weighted by molar-refractivity contribution is 5.93. The van der Waals surface area contributed by atoms with Gasteiger partial charge in [0.1, 0.15) is 5.83 Å². The zero-order valence-electron chi connectivity index (χ0n) is 15.6. The van der Waals surface area contributed by atoms with Gasteiger partial charge in [0.15, 0.2) is 0 Å². The fraction of sp³-hybridized carbons (Fsp3) is 0.368. The lowest BCUT2D eigenvalue weighted by Gasteiger charge is -2.10. The third kappa shape index (κ3) is 5.16. The lowest BCUT2D eigenvalue weighted by Crippen LogP contribution is -2.21. The van der Waals surface area contributed by atoms with Crippen LogP contribution in [0.15, 0.2) is 36.2 Å². The number of aryl methyl sites for hydroxylation is 1. The van der Waals surface area contributed by atoms with Gasteiger partial charge in [-0.25, -0.2) is 4.39 Å². The highest BCUT2D eigenvalue weighted by atomic mass is 35.5. The van der Waals surface area contributed by atoms with Gasteiger partial charge < -0.3 is 10.6 Å². The number of allylic oxidation sites excluding steroid dienone is 1. The molecule has 0 unspecified atom stereocenters. The molecule has 0 aliphatic heterocycles. The number of aromatic nitrogens is 2. The molecule has 0 saturated heterocycles. The molecule has 1 aromatic carbocycles. The van der Waals surface area contributed by atoms with Crippen LogP contribution in [0.1, 0.15) is 32.9 Å². The molecule has 0 atom stereocenters. The van der Waals surface area contributed by atoms with Crippen LogP contribution in [0.2, 0.25) is 0 Å². The van der Waals surface area contributed by atoms with Gasteiger partial charge in [-0.05, 0) is 37.6 Å². The molecule has 0 bridgehead atoms. The van der Waals surface area contributed by atoms with Gasteiger partial charge >= 0.3 is 0 Å². The van der Waals surface area contributed by atoms with Crippen LogP contribution in [0.25, 0.3) is 0 Å². The average Bonchev–Trinajstić information content (AvgIpc) is 2.82. The summed E-state index contributed by atoms with van der Waals surface area (Å²) in [6.45, 7) is 4.14. The third-order valence-electron chi connectivity index (χ3n) is 4.16. The summed E-state index contributed by atoms with van der Waals surface area (Å²) >= 11 is 0. The van der Waals surface area contributed by atoms with Crippen molar-refractivity contribution in [2.45, 2.75) is 26.8 Å². The lowest BCUT2D eigenvalue weighted by molar-refractivity contribution is 0.0827. The number of hydrogen-bond donors (Lipinski definition) is 1. The van der Waals surface area contributed by atoms with Crippen LogP contribution >= 0.6 is 12.4 Å². The molecule has 0 spiro atoms. The zero-order valence-corrected chi connectivity index (χ0v) is 16.4. The van der Waals surface area contributed by atoms with Gasteiger partial charge in [-0.3, -0.25) is 9.48 Å². The van der Waals surface area contributed by atoms with E-state index in [4.69, 9.17) is 5.73 Å². The Hall–Kier alpha value is -2.18. The Labute approximate surface area is 160 Å². The minimum atomic E-state index is -0.286. The van der Waals surface area contributed by atoms with Gasteiger partial charge in [0.05, 0.1) is 12.2 Å². The van der Waals surface area contributed by atoms with E-state index >= 15 is 0 Å². The Bertz CT molecular complexity index is 782. The molecule has 1 amide bonds. The van der Waals surface area contributed by atoms with E-state index in [2.05, 4.69) is 5.10 Å². The highest BCUT2D eigenvalue weighted by Crippen LogP contribution is 2.19. The van der Waals surface area contributed by atoms with E-state index in [0.717, 1.165) is 22.5 Å². The topological polar surface area (TPSA) is 64.2 Å². The fourth-order valence-corrected chi connectivity index (χ4v) is 2.71. The van der Waals surface area contributed by atoms with Crippen molar-refractivity contribution in [1.82, 2.24) is 14.7 Å². The number of benzene rings is 1. The molecule has 2 N–H and O–H groups in total. The summed E-state index contributed by atoms with van der Waals surface area (Å²) in [6, 6.07) is 7.55. The Morgan fingerprint density at radius 3 is 2.42 bits per heavy atom. The second-order valence-corrected chi connectivity index (χ2v) is 6.27. The molecule has 5 nitrogen and oxygen atoms in total. The monoisotopic (exact) mass is 380 g/mol. The molecule has 2 aromatic rings. The number of rotatable bonds is 6. The molecule has 0 radical (unpaired) electrons. The van der Waals surface area contributed by atoms with E-state index < -0.39 is 0 Å². The Kier molecular flexibility index (Phi) is 7.99. The first-order chi connectivity index (χ1) is 11.8. The predicted octanol–water partition coefficient (Wildman–Crippen LogP) is 3.03. The van der Waals surface area contributed by atoms with E-state index in [1.54, 1.807) is 23.7 Å². The predicted molar refractivity (Wildman–Crippen MR) is 104 cm³/mol. The van der Waals surface area contributed by atoms with Gasteiger partial charge in [-0.15, -0.1) is 12.4 Å². The summed E-state index contributed by atoms with van der Waals surface area (Å²) in [5.41, 5.74) is 9.97. The number of carbonyl (C=O) groups excluding carboxylic acids is 1. The third-order valence-corrected chi connectivity index (χ3v) is 4.16. The molecular weight excluding hydrogens is 355 g/mol. The van der Waals surface area contributed by atoms with Crippen molar-refractivity contribution in [3.05, 3.63) is 64.2 Å². The number of hydrogen-bond acceptors (Lipinski definition) is 3. The first kappa shape index (κ1) is 21.9. The van der Waals surface area contributed by atoms with Crippen LogP contribution in [0.3, 0.4) is 0 Å². The van der Waals surface area contributed by atoms with Crippen molar-refractivity contribution in [3.63, 3.8) is 0 Å². The largest absolute Gasteiger partial charge is 0.345 e. The summed E-state index contributed by atoms with van der Waals surface area (Å²) < 4.78 is 15.4. The number of nitrogens with zero attached hydrogens (tertiary/aromatic N) is 3. The smallest absolute Gasteiger partial charge is 0.253 e. The molecular formula is C19H26ClFN4O. The number of halogens is 2. The lowest BCUT2D eigenvalue weighted by atomic mass is 10.0. The zero-order chi connectivity index (χ0) is 18.6. The van der Waals surface area contributed by atoms with E-state index in [1.807, 2.05) is 38.1 Å². The van der Waals surface area contributed by atoms with Crippen molar-refractivity contribution in [1.29, 1.82) is 0 Å². The molecule has 2 rings (SSSR count). The Morgan fingerprint density at radius 2 is 1.88 bits per heavy atom. The van der Waals surface area contributed by atoms with Gasteiger partial charge in [0.2, 0.25) is 0 Å². The van der Waals surface area contributed by atoms with E-state index in [9.17, 15) is 9.18 Å². The maximum Gasteiger partial charge on any atom is 0.253 e. The Morgan fingerprint density at radius 1 is 1.27 bits per heavy atom. The molecule has 26 heavy (non-hydrogen) atoms. The van der Waals surface area contributed by atoms with Crippen LogP contribution in [0.4, 0.5) is 4.39 Å². The minimum Gasteiger partial charge on any atom is -0.345 e. The van der Waals surface area contributed by atoms with Crippen LogP contribution < -0.4 is 5.73 Å². The highest BCUT2D eigenvalue weighted by Gasteiger charge is 2.14. The van der Waals surface area contributed by atoms with E-state index in [0.29, 0.717) is 12.0 Å². The summed E-state index contributed by atoms with van der Waals surface area (Å²) in [6.07, 6.45) is 2.05. The maximum absolute atomic E-state index is 13.7. The molecule has 7 heteroatoms. The molecule has 0 aliphatic carbocycles. The van der Waals surface area contributed by atoms with Crippen LogP contribution in [-0.2, 0) is 13.0 Å². The standard InChI is InChI=1S/C19H25FN4O.ClH/c1-13-18(14(2)24(22-13)12-17(20)9-10-21)11-15-5-7-16(8-6-15)19(25)23(3)4;/h5-9H,10-12,21H2,1-4H3;1H/b17-9-;. The minimum absolute atomic E-state index is 0. The first-order valence-electron chi connectivity index (χ1n) is 8.21. The normalized spacial score (nSPS) is 11.2. The second kappa shape index (κ2) is 9.50. The van der Waals surface area contributed by atoms with Gasteiger partial charge in [0.25, 0.3) is 5.91 Å². The number of nitrogens with two attached hydrogens (primary N) is 1. The molecule has 142 valence electrons. The Balaban J connectivity index is 0.00000338. The van der Waals surface area contributed by atoms with E-state index in [1.165, 1.54) is 6.08 Å². The van der Waals surface area contributed by atoms with Crippen molar-refractivity contribution in [2.75, 3.05) is 20.6 Å². The summed E-state index contributed by atoms with van der Waals surface area (Å²) in [5.74, 6) is -0.305. The van der Waals surface area contributed by atoms with Crippen molar-refractivity contribution in [2.24, 2.45) is 5.73 Å². The van der Waals surface area contributed by atoms with E-state index in [-0.39, 0.29) is 37.2 Å². The molecule has 0 saturated carbocycles. The van der Waals surface area contributed by atoms with Crippen molar-refractivity contribution >= 4 is 18.3 Å². The van der Waals surface area contributed by atoms with Gasteiger partial charge in [-0.1, -0.05) is 12.1 Å².